The van der Waals surface area contributed by atoms with Crippen LogP contribution in [0, 0.1) is 0 Å². The maximum absolute atomic E-state index is 5.58. The lowest BCUT2D eigenvalue weighted by Gasteiger charge is -2.12. The Morgan fingerprint density at radius 3 is 2.76 bits per heavy atom. The van der Waals surface area contributed by atoms with Crippen LogP contribution < -0.4 is 5.32 Å². The molecular formula is C14H14N2O. The molecule has 0 radical (unpaired) electrons. The molecule has 1 aliphatic rings. The molecule has 1 aliphatic heterocycles. The third kappa shape index (κ3) is 2.09. The molecule has 1 aromatic carbocycles. The summed E-state index contributed by atoms with van der Waals surface area (Å²) in [6.07, 6.45) is 2.87. The van der Waals surface area contributed by atoms with Crippen molar-refractivity contribution < 1.29 is 4.42 Å². The minimum atomic E-state index is 0.885. The Morgan fingerprint density at radius 2 is 2.00 bits per heavy atom. The summed E-state index contributed by atoms with van der Waals surface area (Å²) in [4.78, 5) is 4.45. The number of benzene rings is 1. The van der Waals surface area contributed by atoms with Crippen LogP contribution in [0.15, 0.2) is 52.1 Å². The van der Waals surface area contributed by atoms with E-state index in [-0.39, 0.29) is 0 Å². The van der Waals surface area contributed by atoms with E-state index in [1.54, 1.807) is 6.26 Å². The molecule has 0 unspecified atom stereocenters. The summed E-state index contributed by atoms with van der Waals surface area (Å²) in [6.45, 7) is 1.89. The summed E-state index contributed by atoms with van der Waals surface area (Å²) in [7, 11) is 0. The van der Waals surface area contributed by atoms with Crippen molar-refractivity contribution in [3.8, 4) is 11.3 Å². The van der Waals surface area contributed by atoms with Crippen LogP contribution in [0.1, 0.15) is 12.0 Å². The van der Waals surface area contributed by atoms with E-state index in [0.29, 0.717) is 0 Å². The van der Waals surface area contributed by atoms with Gasteiger partial charge in [-0.05, 0) is 12.5 Å². The molecular weight excluding hydrogens is 212 g/mol. The van der Waals surface area contributed by atoms with Gasteiger partial charge in [0.15, 0.2) is 0 Å². The summed E-state index contributed by atoms with van der Waals surface area (Å²) in [5.74, 6) is 1.83. The second-order valence-corrected chi connectivity index (χ2v) is 4.08. The summed E-state index contributed by atoms with van der Waals surface area (Å²) in [5, 5.41) is 3.29. The second kappa shape index (κ2) is 4.45. The molecule has 0 saturated carbocycles. The Morgan fingerprint density at radius 1 is 1.12 bits per heavy atom. The molecule has 3 nitrogen and oxygen atoms in total. The first-order chi connectivity index (χ1) is 8.43. The Hall–Kier alpha value is -2.03. The number of nitrogens with one attached hydrogen (secondary N) is 1. The number of hydrogen-bond acceptors (Lipinski definition) is 3. The Labute approximate surface area is 100 Å². The van der Waals surface area contributed by atoms with E-state index < -0.39 is 0 Å². The molecule has 3 heteroatoms. The smallest absolute Gasteiger partial charge is 0.134 e. The van der Waals surface area contributed by atoms with Crippen LogP contribution in [0.2, 0.25) is 0 Å². The molecule has 17 heavy (non-hydrogen) atoms. The molecule has 0 fully saturated rings. The van der Waals surface area contributed by atoms with Crippen LogP contribution in [0.4, 0.5) is 0 Å². The first-order valence-electron chi connectivity index (χ1n) is 5.86. The highest BCUT2D eigenvalue weighted by atomic mass is 16.3. The quantitative estimate of drug-likeness (QED) is 0.854. The van der Waals surface area contributed by atoms with Gasteiger partial charge < -0.3 is 9.73 Å². The number of rotatable bonds is 2. The fourth-order valence-electron chi connectivity index (χ4n) is 1.94. The zero-order valence-electron chi connectivity index (χ0n) is 9.52. The lowest BCUT2D eigenvalue weighted by Crippen LogP contribution is -2.29. The Bertz CT molecular complexity index is 528. The van der Waals surface area contributed by atoms with Crippen molar-refractivity contribution in [2.24, 2.45) is 4.99 Å². The molecule has 2 heterocycles. The molecule has 1 N–H and O–H groups in total. The lowest BCUT2D eigenvalue weighted by atomic mass is 10.1. The molecule has 0 saturated heterocycles. The summed E-state index contributed by atoms with van der Waals surface area (Å²) < 4.78 is 5.58. The number of furan rings is 1. The molecule has 2 aromatic rings. The fraction of sp³-hybridized carbons (Fsp3) is 0.214. The highest BCUT2D eigenvalue weighted by Crippen LogP contribution is 2.22. The van der Waals surface area contributed by atoms with Crippen LogP contribution >= 0.6 is 0 Å². The third-order valence-corrected chi connectivity index (χ3v) is 2.83. The average Bonchev–Trinajstić information content (AvgIpc) is 2.90. The van der Waals surface area contributed by atoms with Gasteiger partial charge in [-0.15, -0.1) is 0 Å². The molecule has 0 aliphatic carbocycles. The van der Waals surface area contributed by atoms with E-state index in [4.69, 9.17) is 4.42 Å². The summed E-state index contributed by atoms with van der Waals surface area (Å²) >= 11 is 0. The highest BCUT2D eigenvalue weighted by molar-refractivity contribution is 5.99. The number of nitrogens with zero attached hydrogens (tertiary/aromatic N) is 1. The molecule has 0 atom stereocenters. The maximum Gasteiger partial charge on any atom is 0.134 e. The zero-order chi connectivity index (χ0) is 11.5. The predicted molar refractivity (Wildman–Crippen MR) is 68.2 cm³/mol. The van der Waals surface area contributed by atoms with E-state index in [1.807, 2.05) is 36.4 Å². The SMILES string of the molecule is c1ccc(-c2cc(C3=NCCCN3)co2)cc1. The zero-order valence-corrected chi connectivity index (χ0v) is 9.52. The number of amidine groups is 1. The van der Waals surface area contributed by atoms with E-state index in [2.05, 4.69) is 10.3 Å². The van der Waals surface area contributed by atoms with Crippen molar-refractivity contribution in [3.05, 3.63) is 48.2 Å². The monoisotopic (exact) mass is 226 g/mol. The van der Waals surface area contributed by atoms with Crippen LogP contribution in [0.25, 0.3) is 11.3 Å². The van der Waals surface area contributed by atoms with Crippen LogP contribution in [-0.2, 0) is 0 Å². The highest BCUT2D eigenvalue weighted by Gasteiger charge is 2.11. The van der Waals surface area contributed by atoms with Crippen molar-refractivity contribution in [3.63, 3.8) is 0 Å². The van der Waals surface area contributed by atoms with Gasteiger partial charge in [0.25, 0.3) is 0 Å². The Balaban J connectivity index is 1.90. The Kier molecular flexibility index (Phi) is 2.66. The van der Waals surface area contributed by atoms with Crippen molar-refractivity contribution in [1.82, 2.24) is 5.32 Å². The fourth-order valence-corrected chi connectivity index (χ4v) is 1.94. The molecule has 3 rings (SSSR count). The van der Waals surface area contributed by atoms with Gasteiger partial charge in [0.1, 0.15) is 17.9 Å². The average molecular weight is 226 g/mol. The maximum atomic E-state index is 5.58. The topological polar surface area (TPSA) is 37.5 Å². The van der Waals surface area contributed by atoms with Crippen molar-refractivity contribution in [2.75, 3.05) is 13.1 Å². The molecule has 0 spiro atoms. The van der Waals surface area contributed by atoms with Crippen LogP contribution in [-0.4, -0.2) is 18.9 Å². The van der Waals surface area contributed by atoms with Gasteiger partial charge in [-0.2, -0.15) is 0 Å². The van der Waals surface area contributed by atoms with E-state index >= 15 is 0 Å². The molecule has 0 amide bonds. The molecule has 1 aromatic heterocycles. The normalized spacial score (nSPS) is 15.2. The van der Waals surface area contributed by atoms with E-state index in [9.17, 15) is 0 Å². The van der Waals surface area contributed by atoms with Gasteiger partial charge in [-0.3, -0.25) is 4.99 Å². The van der Waals surface area contributed by atoms with Crippen molar-refractivity contribution in [2.45, 2.75) is 6.42 Å². The summed E-state index contributed by atoms with van der Waals surface area (Å²) in [6, 6.07) is 12.1. The predicted octanol–water partition coefficient (Wildman–Crippen LogP) is 2.69. The van der Waals surface area contributed by atoms with Crippen molar-refractivity contribution >= 4 is 5.84 Å². The van der Waals surface area contributed by atoms with Crippen LogP contribution in [0.3, 0.4) is 0 Å². The van der Waals surface area contributed by atoms with Crippen molar-refractivity contribution in [1.29, 1.82) is 0 Å². The molecule has 86 valence electrons. The third-order valence-electron chi connectivity index (χ3n) is 2.83. The number of aliphatic imine (C=N–C) groups is 1. The lowest BCUT2D eigenvalue weighted by molar-refractivity contribution is 0.581. The van der Waals surface area contributed by atoms with Gasteiger partial charge in [-0.1, -0.05) is 30.3 Å². The van der Waals surface area contributed by atoms with Gasteiger partial charge >= 0.3 is 0 Å². The molecule has 0 bridgehead atoms. The largest absolute Gasteiger partial charge is 0.464 e. The summed E-state index contributed by atoms with van der Waals surface area (Å²) in [5.41, 5.74) is 2.12. The van der Waals surface area contributed by atoms with Gasteiger partial charge in [0.05, 0.1) is 5.56 Å². The van der Waals surface area contributed by atoms with Gasteiger partial charge in [0, 0.05) is 18.7 Å². The van der Waals surface area contributed by atoms with Gasteiger partial charge in [-0.25, -0.2) is 0 Å². The first kappa shape index (κ1) is 10.1. The number of hydrogen-bond donors (Lipinski definition) is 1. The first-order valence-corrected chi connectivity index (χ1v) is 5.86. The van der Waals surface area contributed by atoms with E-state index in [0.717, 1.165) is 42.2 Å². The van der Waals surface area contributed by atoms with E-state index in [1.165, 1.54) is 0 Å². The minimum Gasteiger partial charge on any atom is -0.464 e. The second-order valence-electron chi connectivity index (χ2n) is 4.08. The van der Waals surface area contributed by atoms with Gasteiger partial charge in [0.2, 0.25) is 0 Å². The standard InChI is InChI=1S/C14H14N2O/c1-2-5-11(6-3-1)13-9-12(10-17-13)14-15-7-4-8-16-14/h1-3,5-6,9-10H,4,7-8H2,(H,15,16). The minimum absolute atomic E-state index is 0.885. The van der Waals surface area contributed by atoms with Crippen LogP contribution in [0.5, 0.6) is 0 Å².